The number of benzene rings is 1. The predicted octanol–water partition coefficient (Wildman–Crippen LogP) is 3.12. The van der Waals surface area contributed by atoms with Gasteiger partial charge in [-0.05, 0) is 31.9 Å². The van der Waals surface area contributed by atoms with Gasteiger partial charge in [0.1, 0.15) is 5.82 Å². The maximum atomic E-state index is 13.7. The Labute approximate surface area is 106 Å². The summed E-state index contributed by atoms with van der Waals surface area (Å²) in [6.07, 6.45) is 2.05. The van der Waals surface area contributed by atoms with Crippen LogP contribution in [-0.4, -0.2) is 18.5 Å². The molecule has 2 rings (SSSR count). The molecular weight excluding hydrogens is 237 g/mol. The van der Waals surface area contributed by atoms with Crippen molar-refractivity contribution in [3.8, 4) is 0 Å². The average Bonchev–Trinajstić information content (AvgIpc) is 2.30. The molecule has 4 heteroatoms. The van der Waals surface area contributed by atoms with E-state index in [2.05, 4.69) is 0 Å². The fourth-order valence-electron chi connectivity index (χ4n) is 2.04. The SMILES string of the molecule is C[C@H](N)c1c(F)cccc1SC1CCOCC1. The monoisotopic (exact) mass is 255 g/mol. The van der Waals surface area contributed by atoms with E-state index >= 15 is 0 Å². The highest BCUT2D eigenvalue weighted by atomic mass is 32.2. The fourth-order valence-corrected chi connectivity index (χ4v) is 3.39. The Balaban J connectivity index is 2.16. The van der Waals surface area contributed by atoms with Crippen LogP contribution in [0, 0.1) is 5.82 Å². The van der Waals surface area contributed by atoms with Gasteiger partial charge in [0.25, 0.3) is 0 Å². The van der Waals surface area contributed by atoms with Crippen molar-refractivity contribution in [1.29, 1.82) is 0 Å². The summed E-state index contributed by atoms with van der Waals surface area (Å²) in [7, 11) is 0. The Morgan fingerprint density at radius 3 is 2.76 bits per heavy atom. The second-order valence-corrected chi connectivity index (χ2v) is 5.71. The summed E-state index contributed by atoms with van der Waals surface area (Å²) >= 11 is 1.73. The molecule has 1 heterocycles. The Morgan fingerprint density at radius 2 is 2.12 bits per heavy atom. The number of thioether (sulfide) groups is 1. The molecule has 0 spiro atoms. The van der Waals surface area contributed by atoms with Crippen LogP contribution in [-0.2, 0) is 4.74 Å². The first-order valence-electron chi connectivity index (χ1n) is 5.97. The lowest BCUT2D eigenvalue weighted by molar-refractivity contribution is 0.1000. The molecule has 94 valence electrons. The van der Waals surface area contributed by atoms with E-state index in [1.165, 1.54) is 6.07 Å². The third-order valence-corrected chi connectivity index (χ3v) is 4.34. The van der Waals surface area contributed by atoms with Crippen LogP contribution in [0.15, 0.2) is 23.1 Å². The van der Waals surface area contributed by atoms with E-state index < -0.39 is 0 Å². The molecule has 0 amide bonds. The lowest BCUT2D eigenvalue weighted by Gasteiger charge is -2.23. The third kappa shape index (κ3) is 3.21. The summed E-state index contributed by atoms with van der Waals surface area (Å²) < 4.78 is 19.1. The zero-order chi connectivity index (χ0) is 12.3. The van der Waals surface area contributed by atoms with E-state index in [-0.39, 0.29) is 11.9 Å². The van der Waals surface area contributed by atoms with Gasteiger partial charge in [0.2, 0.25) is 0 Å². The minimum absolute atomic E-state index is 0.197. The standard InChI is InChI=1S/C13H18FNOS/c1-9(15)13-11(14)3-2-4-12(13)17-10-5-7-16-8-6-10/h2-4,9-10H,5-8,15H2,1H3/t9-/m0/s1. The van der Waals surface area contributed by atoms with Crippen molar-refractivity contribution in [1.82, 2.24) is 0 Å². The molecule has 0 aromatic heterocycles. The largest absolute Gasteiger partial charge is 0.381 e. The van der Waals surface area contributed by atoms with Gasteiger partial charge in [-0.15, -0.1) is 11.8 Å². The molecular formula is C13H18FNOS. The highest BCUT2D eigenvalue weighted by Gasteiger charge is 2.19. The van der Waals surface area contributed by atoms with Crippen molar-refractivity contribution in [2.24, 2.45) is 5.73 Å². The van der Waals surface area contributed by atoms with Crippen LogP contribution in [0.3, 0.4) is 0 Å². The highest BCUT2D eigenvalue weighted by Crippen LogP contribution is 2.35. The van der Waals surface area contributed by atoms with Crippen molar-refractivity contribution in [3.63, 3.8) is 0 Å². The highest BCUT2D eigenvalue weighted by molar-refractivity contribution is 8.00. The topological polar surface area (TPSA) is 35.2 Å². The number of hydrogen-bond donors (Lipinski definition) is 1. The van der Waals surface area contributed by atoms with Crippen LogP contribution in [0.25, 0.3) is 0 Å². The molecule has 2 nitrogen and oxygen atoms in total. The summed E-state index contributed by atoms with van der Waals surface area (Å²) in [5.74, 6) is -0.197. The molecule has 1 aliphatic heterocycles. The van der Waals surface area contributed by atoms with Gasteiger partial charge < -0.3 is 10.5 Å². The maximum Gasteiger partial charge on any atom is 0.129 e. The molecule has 1 aliphatic rings. The summed E-state index contributed by atoms with van der Waals surface area (Å²) in [6.45, 7) is 3.44. The van der Waals surface area contributed by atoms with Gasteiger partial charge in [0, 0.05) is 35.0 Å². The first-order chi connectivity index (χ1) is 8.18. The van der Waals surface area contributed by atoms with Gasteiger partial charge in [-0.25, -0.2) is 4.39 Å². The summed E-state index contributed by atoms with van der Waals surface area (Å²) in [6, 6.07) is 4.93. The molecule has 0 saturated carbocycles. The molecule has 2 N–H and O–H groups in total. The summed E-state index contributed by atoms with van der Waals surface area (Å²) in [5.41, 5.74) is 6.49. The Bertz CT molecular complexity index is 378. The normalized spacial score (nSPS) is 19.2. The van der Waals surface area contributed by atoms with Crippen molar-refractivity contribution < 1.29 is 9.13 Å². The second kappa shape index (κ2) is 5.85. The third-order valence-electron chi connectivity index (χ3n) is 2.93. The number of ether oxygens (including phenoxy) is 1. The molecule has 1 fully saturated rings. The lowest BCUT2D eigenvalue weighted by atomic mass is 10.1. The van der Waals surface area contributed by atoms with Crippen molar-refractivity contribution in [3.05, 3.63) is 29.6 Å². The summed E-state index contributed by atoms with van der Waals surface area (Å²) in [4.78, 5) is 0.979. The van der Waals surface area contributed by atoms with Gasteiger partial charge in [0.15, 0.2) is 0 Å². The Hall–Kier alpha value is -0.580. The van der Waals surface area contributed by atoms with E-state index in [0.717, 1.165) is 31.0 Å². The molecule has 1 aromatic rings. The van der Waals surface area contributed by atoms with Gasteiger partial charge in [-0.3, -0.25) is 0 Å². The average molecular weight is 255 g/mol. The molecule has 0 radical (unpaired) electrons. The zero-order valence-electron chi connectivity index (χ0n) is 9.99. The van der Waals surface area contributed by atoms with Gasteiger partial charge in [0.05, 0.1) is 0 Å². The predicted molar refractivity (Wildman–Crippen MR) is 68.7 cm³/mol. The van der Waals surface area contributed by atoms with Crippen LogP contribution in [0.5, 0.6) is 0 Å². The molecule has 1 aromatic carbocycles. The number of hydrogen-bond acceptors (Lipinski definition) is 3. The van der Waals surface area contributed by atoms with E-state index in [1.807, 2.05) is 13.0 Å². The van der Waals surface area contributed by atoms with Crippen LogP contribution >= 0.6 is 11.8 Å². The molecule has 1 atom stereocenters. The minimum Gasteiger partial charge on any atom is -0.381 e. The number of halogens is 1. The Morgan fingerprint density at radius 1 is 1.41 bits per heavy atom. The molecule has 0 unspecified atom stereocenters. The van der Waals surface area contributed by atoms with E-state index in [0.29, 0.717) is 10.8 Å². The van der Waals surface area contributed by atoms with Crippen LogP contribution in [0.4, 0.5) is 4.39 Å². The minimum atomic E-state index is -0.265. The molecule has 0 aliphatic carbocycles. The van der Waals surface area contributed by atoms with Crippen molar-refractivity contribution >= 4 is 11.8 Å². The van der Waals surface area contributed by atoms with Crippen LogP contribution < -0.4 is 5.73 Å². The van der Waals surface area contributed by atoms with Crippen molar-refractivity contribution in [2.75, 3.05) is 13.2 Å². The van der Waals surface area contributed by atoms with E-state index in [4.69, 9.17) is 10.5 Å². The van der Waals surface area contributed by atoms with Crippen LogP contribution in [0.1, 0.15) is 31.4 Å². The summed E-state index contributed by atoms with van der Waals surface area (Å²) in [5, 5.41) is 0.517. The lowest BCUT2D eigenvalue weighted by Crippen LogP contribution is -2.18. The fraction of sp³-hybridized carbons (Fsp3) is 0.538. The zero-order valence-corrected chi connectivity index (χ0v) is 10.8. The molecule has 17 heavy (non-hydrogen) atoms. The van der Waals surface area contributed by atoms with Gasteiger partial charge >= 0.3 is 0 Å². The molecule has 1 saturated heterocycles. The maximum absolute atomic E-state index is 13.7. The number of rotatable bonds is 3. The smallest absolute Gasteiger partial charge is 0.129 e. The molecule has 0 bridgehead atoms. The second-order valence-electron chi connectivity index (χ2n) is 4.37. The van der Waals surface area contributed by atoms with E-state index in [9.17, 15) is 4.39 Å². The number of nitrogens with two attached hydrogens (primary N) is 1. The van der Waals surface area contributed by atoms with Crippen LogP contribution in [0.2, 0.25) is 0 Å². The first-order valence-corrected chi connectivity index (χ1v) is 6.85. The van der Waals surface area contributed by atoms with Gasteiger partial charge in [-0.1, -0.05) is 6.07 Å². The quantitative estimate of drug-likeness (QED) is 0.901. The van der Waals surface area contributed by atoms with E-state index in [1.54, 1.807) is 17.8 Å². The van der Waals surface area contributed by atoms with Crippen molar-refractivity contribution in [2.45, 2.75) is 36.0 Å². The first kappa shape index (κ1) is 12.9. The Kier molecular flexibility index (Phi) is 4.42. The van der Waals surface area contributed by atoms with Gasteiger partial charge in [-0.2, -0.15) is 0 Å².